The summed E-state index contributed by atoms with van der Waals surface area (Å²) < 4.78 is 22.1. The van der Waals surface area contributed by atoms with Crippen LogP contribution in [0.15, 0.2) is 0 Å². The van der Waals surface area contributed by atoms with E-state index in [-0.39, 0.29) is 12.3 Å². The van der Waals surface area contributed by atoms with Crippen LogP contribution in [0.3, 0.4) is 0 Å². The van der Waals surface area contributed by atoms with Crippen molar-refractivity contribution in [3.05, 3.63) is 0 Å². The number of aliphatic carboxylic acids is 1. The highest BCUT2D eigenvalue weighted by atomic mass is 32.2. The van der Waals surface area contributed by atoms with Gasteiger partial charge in [-0.2, -0.15) is 0 Å². The van der Waals surface area contributed by atoms with Gasteiger partial charge in [0.25, 0.3) is 0 Å². The molecule has 0 spiro atoms. The van der Waals surface area contributed by atoms with Crippen molar-refractivity contribution in [3.8, 4) is 0 Å². The van der Waals surface area contributed by atoms with Crippen LogP contribution < -0.4 is 5.32 Å². The first-order chi connectivity index (χ1) is 8.87. The minimum absolute atomic E-state index is 0.00454. The first-order valence-electron chi connectivity index (χ1n) is 6.69. The number of likely N-dealkylation sites (tertiary alicyclic amines) is 1. The van der Waals surface area contributed by atoms with Crippen molar-refractivity contribution in [3.63, 3.8) is 0 Å². The molecule has 1 unspecified atom stereocenters. The Morgan fingerprint density at radius 2 is 2.21 bits per heavy atom. The lowest BCUT2D eigenvalue weighted by Crippen LogP contribution is -2.41. The first-order valence-corrected chi connectivity index (χ1v) is 8.75. The Kier molecular flexibility index (Phi) is 6.74. The average molecular weight is 292 g/mol. The summed E-state index contributed by atoms with van der Waals surface area (Å²) in [4.78, 5) is 12.7. The van der Waals surface area contributed by atoms with Gasteiger partial charge in [-0.1, -0.05) is 0 Å². The molecule has 19 heavy (non-hydrogen) atoms. The Morgan fingerprint density at radius 3 is 2.84 bits per heavy atom. The molecule has 1 aliphatic heterocycles. The maximum Gasteiger partial charge on any atom is 0.317 e. The van der Waals surface area contributed by atoms with Gasteiger partial charge < -0.3 is 15.3 Å². The van der Waals surface area contributed by atoms with E-state index in [4.69, 9.17) is 5.11 Å². The van der Waals surface area contributed by atoms with Crippen molar-refractivity contribution < 1.29 is 18.3 Å². The highest BCUT2D eigenvalue weighted by Crippen LogP contribution is 2.15. The second-order valence-electron chi connectivity index (χ2n) is 5.32. The Morgan fingerprint density at radius 1 is 1.47 bits per heavy atom. The van der Waals surface area contributed by atoms with Crippen LogP contribution in [0.2, 0.25) is 0 Å². The van der Waals surface area contributed by atoms with Crippen molar-refractivity contribution in [2.45, 2.75) is 19.3 Å². The molecule has 7 heteroatoms. The van der Waals surface area contributed by atoms with Crippen LogP contribution in [0.5, 0.6) is 0 Å². The van der Waals surface area contributed by atoms with Crippen molar-refractivity contribution in [2.24, 2.45) is 5.92 Å². The summed E-state index contributed by atoms with van der Waals surface area (Å²) in [6.45, 7) is 3.47. The van der Waals surface area contributed by atoms with Gasteiger partial charge in [-0.25, -0.2) is 8.42 Å². The van der Waals surface area contributed by atoms with Crippen molar-refractivity contribution in [1.29, 1.82) is 0 Å². The highest BCUT2D eigenvalue weighted by Gasteiger charge is 2.19. The van der Waals surface area contributed by atoms with E-state index in [9.17, 15) is 13.2 Å². The van der Waals surface area contributed by atoms with Gasteiger partial charge in [-0.05, 0) is 44.8 Å². The van der Waals surface area contributed by atoms with Crippen molar-refractivity contribution >= 4 is 15.8 Å². The van der Waals surface area contributed by atoms with Crippen LogP contribution in [-0.4, -0.2) is 69.1 Å². The topological polar surface area (TPSA) is 86.7 Å². The molecule has 1 aliphatic rings. The van der Waals surface area contributed by atoms with E-state index in [1.54, 1.807) is 0 Å². The maximum atomic E-state index is 11.1. The highest BCUT2D eigenvalue weighted by molar-refractivity contribution is 7.90. The van der Waals surface area contributed by atoms with Crippen LogP contribution in [0.1, 0.15) is 19.3 Å². The summed E-state index contributed by atoms with van der Waals surface area (Å²) in [5.74, 6) is -0.127. The van der Waals surface area contributed by atoms with Crippen molar-refractivity contribution in [1.82, 2.24) is 10.2 Å². The van der Waals surface area contributed by atoms with Crippen LogP contribution in [0, 0.1) is 5.92 Å². The molecule has 2 N–H and O–H groups in total. The van der Waals surface area contributed by atoms with Gasteiger partial charge >= 0.3 is 5.97 Å². The predicted octanol–water partition coefficient (Wildman–Crippen LogP) is -0.193. The van der Waals surface area contributed by atoms with Gasteiger partial charge in [-0.15, -0.1) is 0 Å². The van der Waals surface area contributed by atoms with Crippen LogP contribution in [0.4, 0.5) is 0 Å². The number of nitrogens with zero attached hydrogens (tertiary/aromatic N) is 1. The lowest BCUT2D eigenvalue weighted by Gasteiger charge is -2.32. The second-order valence-corrected chi connectivity index (χ2v) is 7.58. The number of carboxylic acid groups (broad SMARTS) is 1. The summed E-state index contributed by atoms with van der Waals surface area (Å²) >= 11 is 0. The number of carboxylic acids is 1. The van der Waals surface area contributed by atoms with Crippen LogP contribution in [0.25, 0.3) is 0 Å². The van der Waals surface area contributed by atoms with Gasteiger partial charge in [-0.3, -0.25) is 4.79 Å². The number of nitrogens with one attached hydrogen (secondary N) is 1. The van der Waals surface area contributed by atoms with Crippen LogP contribution in [-0.2, 0) is 14.6 Å². The monoisotopic (exact) mass is 292 g/mol. The number of sulfone groups is 1. The Hall–Kier alpha value is -0.660. The molecule has 0 aromatic carbocycles. The molecule has 1 rings (SSSR count). The van der Waals surface area contributed by atoms with E-state index in [0.29, 0.717) is 12.3 Å². The summed E-state index contributed by atoms with van der Waals surface area (Å²) in [7, 11) is -2.87. The lowest BCUT2D eigenvalue weighted by atomic mass is 9.98. The molecule has 0 radical (unpaired) electrons. The summed E-state index contributed by atoms with van der Waals surface area (Å²) in [6.07, 6.45) is 4.14. The fourth-order valence-corrected chi connectivity index (χ4v) is 3.11. The minimum atomic E-state index is -2.87. The maximum absolute atomic E-state index is 11.1. The van der Waals surface area contributed by atoms with E-state index in [2.05, 4.69) is 10.2 Å². The van der Waals surface area contributed by atoms with E-state index in [1.807, 2.05) is 0 Å². The normalized spacial score (nSPS) is 21.4. The molecule has 112 valence electrons. The number of hydrogen-bond acceptors (Lipinski definition) is 5. The molecule has 0 amide bonds. The molecule has 0 aliphatic carbocycles. The third-order valence-corrected chi connectivity index (χ3v) is 4.33. The second kappa shape index (κ2) is 7.81. The first kappa shape index (κ1) is 16.4. The quantitative estimate of drug-likeness (QED) is 0.645. The predicted molar refractivity (Wildman–Crippen MR) is 74.0 cm³/mol. The zero-order chi connectivity index (χ0) is 14.3. The molecule has 1 fully saturated rings. The molecule has 0 bridgehead atoms. The average Bonchev–Trinajstić information content (AvgIpc) is 2.27. The van der Waals surface area contributed by atoms with E-state index in [1.165, 1.54) is 6.26 Å². The zero-order valence-corrected chi connectivity index (χ0v) is 12.3. The molecule has 1 saturated heterocycles. The number of hydrogen-bond donors (Lipinski definition) is 2. The van der Waals surface area contributed by atoms with Gasteiger partial charge in [0.1, 0.15) is 9.84 Å². The Balaban J connectivity index is 2.20. The molecule has 0 saturated carbocycles. The molecule has 0 aromatic heterocycles. The lowest BCUT2D eigenvalue weighted by molar-refractivity contribution is -0.136. The largest absolute Gasteiger partial charge is 0.480 e. The van der Waals surface area contributed by atoms with E-state index < -0.39 is 15.8 Å². The fraction of sp³-hybridized carbons (Fsp3) is 0.917. The third-order valence-electron chi connectivity index (χ3n) is 3.30. The number of rotatable bonds is 8. The standard InChI is InChI=1S/C12H24N2O4S/c1-19(17,18)7-3-6-14-5-2-4-11(10-14)8-13-9-12(15)16/h11,13H,2-10H2,1H3,(H,15,16). The zero-order valence-electron chi connectivity index (χ0n) is 11.5. The Bertz CT molecular complexity index is 383. The molecular formula is C12H24N2O4S. The van der Waals surface area contributed by atoms with Gasteiger partial charge in [0, 0.05) is 12.8 Å². The number of carbonyl (C=O) groups is 1. The molecule has 1 atom stereocenters. The fourth-order valence-electron chi connectivity index (χ4n) is 2.45. The Labute approximate surface area is 115 Å². The van der Waals surface area contributed by atoms with Crippen LogP contribution >= 0.6 is 0 Å². The van der Waals surface area contributed by atoms with E-state index in [0.717, 1.165) is 39.0 Å². The molecule has 1 heterocycles. The van der Waals surface area contributed by atoms with Gasteiger partial charge in [0.2, 0.25) is 0 Å². The number of piperidine rings is 1. The molecule has 6 nitrogen and oxygen atoms in total. The smallest absolute Gasteiger partial charge is 0.317 e. The SMILES string of the molecule is CS(=O)(=O)CCCN1CCCC(CNCC(=O)O)C1. The molecular weight excluding hydrogens is 268 g/mol. The third kappa shape index (κ3) is 8.18. The summed E-state index contributed by atoms with van der Waals surface area (Å²) in [5.41, 5.74) is 0. The van der Waals surface area contributed by atoms with E-state index >= 15 is 0 Å². The van der Waals surface area contributed by atoms with Crippen molar-refractivity contribution in [2.75, 3.05) is 44.7 Å². The molecule has 0 aromatic rings. The minimum Gasteiger partial charge on any atom is -0.480 e. The summed E-state index contributed by atoms with van der Waals surface area (Å²) in [5, 5.41) is 11.5. The summed E-state index contributed by atoms with van der Waals surface area (Å²) in [6, 6.07) is 0. The van der Waals surface area contributed by atoms with Gasteiger partial charge in [0.05, 0.1) is 12.3 Å². The van der Waals surface area contributed by atoms with Gasteiger partial charge in [0.15, 0.2) is 0 Å².